The quantitative estimate of drug-likeness (QED) is 0.493. The zero-order valence-electron chi connectivity index (χ0n) is 8.72. The average molecular weight is 334 g/mol. The molecule has 0 aromatic heterocycles. The molecule has 15 heavy (non-hydrogen) atoms. The van der Waals surface area contributed by atoms with Gasteiger partial charge in [-0.1, -0.05) is 19.5 Å². The van der Waals surface area contributed by atoms with Crippen molar-refractivity contribution in [1.82, 2.24) is 0 Å². The zero-order chi connectivity index (χ0) is 11.7. The third-order valence-electron chi connectivity index (χ3n) is 1.76. The first kappa shape index (κ1) is 15.5. The van der Waals surface area contributed by atoms with Crippen LogP contribution >= 0.6 is 17.0 Å². The fraction of sp³-hybridized carbons (Fsp3) is 0.182. The van der Waals surface area contributed by atoms with Gasteiger partial charge in [0.15, 0.2) is 0 Å². The van der Waals surface area contributed by atoms with Crippen LogP contribution in [-0.4, -0.2) is 10.2 Å². The maximum atomic E-state index is 4.93. The molecule has 0 fully saturated rings. The number of hydrogen-bond donors (Lipinski definition) is 0. The summed E-state index contributed by atoms with van der Waals surface area (Å²) < 4.78 is 0. The van der Waals surface area contributed by atoms with Gasteiger partial charge in [0.2, 0.25) is 0 Å². The Kier molecular flexibility index (Phi) is 10.0. The van der Waals surface area contributed by atoms with Crippen molar-refractivity contribution in [2.45, 2.75) is 13.5 Å². The molecule has 2 aromatic rings. The fourth-order valence-corrected chi connectivity index (χ4v) is 1.31. The van der Waals surface area contributed by atoms with Gasteiger partial charge >= 0.3 is 37.9 Å². The van der Waals surface area contributed by atoms with Crippen LogP contribution in [0.2, 0.25) is 6.55 Å². The van der Waals surface area contributed by atoms with Crippen molar-refractivity contribution in [2.75, 3.05) is 0 Å². The van der Waals surface area contributed by atoms with Crippen molar-refractivity contribution in [3.05, 3.63) is 42.0 Å². The summed E-state index contributed by atoms with van der Waals surface area (Å²) in [4.78, 5) is 0. The Labute approximate surface area is 113 Å². The van der Waals surface area contributed by atoms with E-state index in [9.17, 15) is 0 Å². The predicted octanol–water partition coefficient (Wildman–Crippen LogP) is 4.45. The van der Waals surface area contributed by atoms with Crippen molar-refractivity contribution in [3.63, 3.8) is 0 Å². The average Bonchev–Trinajstić information content (AvgIpc) is 2.62. The van der Waals surface area contributed by atoms with Gasteiger partial charge in [0, 0.05) is 10.2 Å². The predicted molar refractivity (Wildman–Crippen MR) is 67.6 cm³/mol. The normalized spacial score (nSPS) is 8.33. The van der Waals surface area contributed by atoms with Crippen LogP contribution in [0.4, 0.5) is 0 Å². The molecule has 0 aliphatic carbocycles. The molecule has 0 nitrogen and oxygen atoms in total. The summed E-state index contributed by atoms with van der Waals surface area (Å²) in [6.45, 7) is 3.93. The molecule has 3 radical (unpaired) electrons. The minimum absolute atomic E-state index is 0.826. The summed E-state index contributed by atoms with van der Waals surface area (Å²) in [7, 11) is 12.8. The first-order valence-electron chi connectivity index (χ1n) is 4.36. The van der Waals surface area contributed by atoms with Gasteiger partial charge in [0.1, 0.15) is 0 Å². The van der Waals surface area contributed by atoms with E-state index in [-0.39, 0.29) is 0 Å². The number of rotatable bonds is 0. The SMILES string of the molecule is C[Si].Cc1cc2ccccc2[cH-]1.[Cl][Zr][Cl]. The maximum absolute atomic E-state index is 4.93. The summed E-state index contributed by atoms with van der Waals surface area (Å²) >= 11 is -0.826. The summed E-state index contributed by atoms with van der Waals surface area (Å²) in [5, 5.41) is 2.69. The Morgan fingerprint density at radius 3 is 2.27 bits per heavy atom. The second-order valence-corrected chi connectivity index (χ2v) is 6.46. The molecule has 0 saturated heterocycles. The van der Waals surface area contributed by atoms with Crippen LogP contribution in [-0.2, 0) is 20.8 Å². The molecule has 0 atom stereocenters. The van der Waals surface area contributed by atoms with Crippen LogP contribution in [0.3, 0.4) is 0 Å². The van der Waals surface area contributed by atoms with Crippen molar-refractivity contribution < 1.29 is 20.8 Å². The van der Waals surface area contributed by atoms with Crippen LogP contribution < -0.4 is 0 Å². The van der Waals surface area contributed by atoms with Crippen molar-refractivity contribution in [1.29, 1.82) is 0 Å². The molecular weight excluding hydrogens is 322 g/mol. The third kappa shape index (κ3) is 5.97. The summed E-state index contributed by atoms with van der Waals surface area (Å²) in [6, 6.07) is 12.8. The number of benzene rings is 1. The monoisotopic (exact) mass is 332 g/mol. The van der Waals surface area contributed by atoms with Gasteiger partial charge in [-0.2, -0.15) is 6.07 Å². The van der Waals surface area contributed by atoms with Crippen molar-refractivity contribution in [2.24, 2.45) is 0 Å². The second kappa shape index (κ2) is 9.72. The molecule has 2 aromatic carbocycles. The molecule has 0 unspecified atom stereocenters. The Morgan fingerprint density at radius 2 is 1.73 bits per heavy atom. The third-order valence-corrected chi connectivity index (χ3v) is 1.76. The van der Waals surface area contributed by atoms with E-state index in [0.717, 1.165) is 0 Å². The molecule has 79 valence electrons. The molecule has 0 spiro atoms. The first-order chi connectivity index (χ1) is 7.27. The topological polar surface area (TPSA) is 0 Å². The molecule has 0 amide bonds. The van der Waals surface area contributed by atoms with Gasteiger partial charge in [-0.3, -0.25) is 0 Å². The van der Waals surface area contributed by atoms with Crippen molar-refractivity contribution >= 4 is 38.0 Å². The van der Waals surface area contributed by atoms with Gasteiger partial charge in [-0.15, -0.1) is 40.6 Å². The molecule has 0 heterocycles. The van der Waals surface area contributed by atoms with Crippen LogP contribution in [0.5, 0.6) is 0 Å². The van der Waals surface area contributed by atoms with Gasteiger partial charge in [-0.25, -0.2) is 0 Å². The number of fused-ring (bicyclic) bond motifs is 1. The van der Waals surface area contributed by atoms with Crippen LogP contribution in [0.25, 0.3) is 10.8 Å². The standard InChI is InChI=1S/C10H9.CH3Si.2ClH.Zr/c1-8-6-9-4-2-3-5-10(9)7-8;1-2;;;/h2-7H,1H3;1H3;2*1H;/q-1;;;;+2/p-2. The summed E-state index contributed by atoms with van der Waals surface area (Å²) in [6.07, 6.45) is 0. The van der Waals surface area contributed by atoms with Gasteiger partial charge in [0.25, 0.3) is 0 Å². The van der Waals surface area contributed by atoms with Crippen LogP contribution in [0, 0.1) is 6.92 Å². The first-order valence-corrected chi connectivity index (χ1v) is 11.7. The van der Waals surface area contributed by atoms with Crippen molar-refractivity contribution in [3.8, 4) is 0 Å². The van der Waals surface area contributed by atoms with E-state index in [2.05, 4.69) is 53.6 Å². The Bertz CT molecular complexity index is 340. The second-order valence-electron chi connectivity index (χ2n) is 2.73. The number of hydrogen-bond acceptors (Lipinski definition) is 0. The van der Waals surface area contributed by atoms with Gasteiger partial charge < -0.3 is 0 Å². The summed E-state index contributed by atoms with van der Waals surface area (Å²) in [5.41, 5.74) is 1.35. The fourth-order valence-electron chi connectivity index (χ4n) is 1.31. The van der Waals surface area contributed by atoms with Crippen LogP contribution in [0.1, 0.15) is 5.56 Å². The van der Waals surface area contributed by atoms with E-state index in [0.29, 0.717) is 0 Å². The van der Waals surface area contributed by atoms with Crippen LogP contribution in [0.15, 0.2) is 36.4 Å². The Balaban J connectivity index is 0.000000342. The number of halogens is 2. The van der Waals surface area contributed by atoms with E-state index in [1.807, 2.05) is 0 Å². The van der Waals surface area contributed by atoms with E-state index in [4.69, 9.17) is 17.0 Å². The molecule has 4 heteroatoms. The Morgan fingerprint density at radius 1 is 1.20 bits per heavy atom. The molecule has 0 aliphatic heterocycles. The minimum atomic E-state index is -0.826. The Hall–Kier alpha value is 0.510. The molecule has 0 saturated carbocycles. The number of aryl methyl sites for hydroxylation is 1. The molecule has 0 aliphatic rings. The van der Waals surface area contributed by atoms with E-state index in [1.54, 1.807) is 6.55 Å². The summed E-state index contributed by atoms with van der Waals surface area (Å²) in [5.74, 6) is 0. The van der Waals surface area contributed by atoms with E-state index in [1.165, 1.54) is 16.3 Å². The molecule has 0 N–H and O–H groups in total. The van der Waals surface area contributed by atoms with E-state index >= 15 is 0 Å². The molecular formula is C11H12Cl2SiZr-. The molecule has 2 rings (SSSR count). The van der Waals surface area contributed by atoms with Gasteiger partial charge in [0.05, 0.1) is 0 Å². The van der Waals surface area contributed by atoms with Gasteiger partial charge in [-0.05, 0) is 0 Å². The van der Waals surface area contributed by atoms with E-state index < -0.39 is 20.8 Å². The molecule has 0 bridgehead atoms. The zero-order valence-corrected chi connectivity index (χ0v) is 13.7.